The van der Waals surface area contributed by atoms with Crippen LogP contribution in [0.3, 0.4) is 0 Å². The molecule has 28 heavy (non-hydrogen) atoms. The van der Waals surface area contributed by atoms with Crippen molar-refractivity contribution in [3.8, 4) is 0 Å². The molecule has 0 unspecified atom stereocenters. The molecule has 3 aromatic rings. The van der Waals surface area contributed by atoms with Gasteiger partial charge in [-0.2, -0.15) is 0 Å². The van der Waals surface area contributed by atoms with Crippen LogP contribution in [0.1, 0.15) is 35.3 Å². The Morgan fingerprint density at radius 1 is 0.571 bits per heavy atom. The highest BCUT2D eigenvalue weighted by atomic mass is 16.1. The van der Waals surface area contributed by atoms with Gasteiger partial charge in [0.1, 0.15) is 0 Å². The highest BCUT2D eigenvalue weighted by molar-refractivity contribution is 6.09. The number of hydrogen-bond donors (Lipinski definition) is 0. The van der Waals surface area contributed by atoms with Crippen molar-refractivity contribution in [2.24, 2.45) is 0 Å². The quantitative estimate of drug-likeness (QED) is 0.261. The van der Waals surface area contributed by atoms with E-state index in [-0.39, 0.29) is 5.78 Å². The van der Waals surface area contributed by atoms with Crippen molar-refractivity contribution in [2.45, 2.75) is 13.8 Å². The summed E-state index contributed by atoms with van der Waals surface area (Å²) in [5.41, 5.74) is 6.10. The van der Waals surface area contributed by atoms with Crippen molar-refractivity contribution >= 4 is 16.9 Å². The zero-order valence-electron chi connectivity index (χ0n) is 16.3. The van der Waals surface area contributed by atoms with Gasteiger partial charge in [0.05, 0.1) is 0 Å². The van der Waals surface area contributed by atoms with Crippen LogP contribution in [0.2, 0.25) is 0 Å². The van der Waals surface area contributed by atoms with Gasteiger partial charge in [-0.05, 0) is 42.2 Å². The fourth-order valence-electron chi connectivity index (χ4n) is 3.08. The van der Waals surface area contributed by atoms with E-state index in [1.807, 2.05) is 78.9 Å². The Bertz CT molecular complexity index is 1010. The molecule has 3 rings (SSSR count). The van der Waals surface area contributed by atoms with Gasteiger partial charge in [0.2, 0.25) is 0 Å². The smallest absolute Gasteiger partial charge is 0.186 e. The normalized spacial score (nSPS) is 12.7. The van der Waals surface area contributed by atoms with E-state index in [2.05, 4.69) is 38.1 Å². The van der Waals surface area contributed by atoms with Crippen molar-refractivity contribution < 1.29 is 4.79 Å². The van der Waals surface area contributed by atoms with Crippen LogP contribution in [0.25, 0.3) is 11.1 Å². The minimum atomic E-state index is 0.00673. The summed E-state index contributed by atoms with van der Waals surface area (Å²) < 4.78 is 0. The molecule has 0 fully saturated rings. The molecule has 0 amide bonds. The molecule has 0 heterocycles. The highest BCUT2D eigenvalue weighted by Gasteiger charge is 2.06. The van der Waals surface area contributed by atoms with E-state index in [0.29, 0.717) is 5.56 Å². The molecule has 1 nitrogen and oxygen atoms in total. The Labute approximate surface area is 167 Å². The monoisotopic (exact) mass is 364 g/mol. The second kappa shape index (κ2) is 9.48. The van der Waals surface area contributed by atoms with Gasteiger partial charge < -0.3 is 0 Å². The van der Waals surface area contributed by atoms with Gasteiger partial charge >= 0.3 is 0 Å². The van der Waals surface area contributed by atoms with E-state index in [9.17, 15) is 4.79 Å². The standard InChI is InChI=1S/C27H24O/c1-21(18-22(2)23-12-6-3-7-13-23)19-26(24-14-8-4-9-15-24)20-27(28)25-16-10-5-11-17-25/h3-20H,1-2H3/b21-19+,22-18+,26-20-. The van der Waals surface area contributed by atoms with Crippen molar-refractivity contribution in [3.63, 3.8) is 0 Å². The fourth-order valence-corrected chi connectivity index (χ4v) is 3.08. The lowest BCUT2D eigenvalue weighted by atomic mass is 9.98. The number of rotatable bonds is 6. The number of hydrogen-bond acceptors (Lipinski definition) is 1. The lowest BCUT2D eigenvalue weighted by Crippen LogP contribution is -1.96. The molecule has 3 aromatic carbocycles. The summed E-state index contributed by atoms with van der Waals surface area (Å²) in [6.07, 6.45) is 5.95. The summed E-state index contributed by atoms with van der Waals surface area (Å²) in [5, 5.41) is 0. The third kappa shape index (κ3) is 5.28. The topological polar surface area (TPSA) is 17.1 Å². The second-order valence-corrected chi connectivity index (χ2v) is 6.78. The average molecular weight is 364 g/mol. The van der Waals surface area contributed by atoms with E-state index in [0.717, 1.165) is 16.7 Å². The Kier molecular flexibility index (Phi) is 6.54. The Morgan fingerprint density at radius 3 is 1.57 bits per heavy atom. The van der Waals surface area contributed by atoms with Crippen LogP contribution in [0, 0.1) is 0 Å². The maximum Gasteiger partial charge on any atom is 0.186 e. The number of benzene rings is 3. The van der Waals surface area contributed by atoms with Gasteiger partial charge in [-0.3, -0.25) is 4.79 Å². The summed E-state index contributed by atoms with van der Waals surface area (Å²) >= 11 is 0. The first-order valence-electron chi connectivity index (χ1n) is 9.42. The summed E-state index contributed by atoms with van der Waals surface area (Å²) in [4.78, 5) is 12.7. The molecule has 0 aliphatic rings. The number of carbonyl (C=O) groups excluding carboxylic acids is 1. The Balaban J connectivity index is 1.97. The van der Waals surface area contributed by atoms with Gasteiger partial charge in [0.25, 0.3) is 0 Å². The van der Waals surface area contributed by atoms with Gasteiger partial charge in [0.15, 0.2) is 5.78 Å². The molecule has 138 valence electrons. The molecule has 0 bridgehead atoms. The second-order valence-electron chi connectivity index (χ2n) is 6.78. The van der Waals surface area contributed by atoms with Crippen LogP contribution in [-0.2, 0) is 0 Å². The van der Waals surface area contributed by atoms with Crippen molar-refractivity contribution in [1.29, 1.82) is 0 Å². The van der Waals surface area contributed by atoms with Crippen LogP contribution in [0.15, 0.2) is 115 Å². The summed E-state index contributed by atoms with van der Waals surface area (Å²) in [5.74, 6) is 0.00673. The average Bonchev–Trinajstić information content (AvgIpc) is 2.75. The predicted octanol–water partition coefficient (Wildman–Crippen LogP) is 7.00. The lowest BCUT2D eigenvalue weighted by molar-refractivity contribution is 0.104. The number of carbonyl (C=O) groups is 1. The molecule has 0 aliphatic heterocycles. The largest absolute Gasteiger partial charge is 0.289 e. The van der Waals surface area contributed by atoms with Crippen LogP contribution in [0.4, 0.5) is 0 Å². The first-order valence-corrected chi connectivity index (χ1v) is 9.42. The minimum absolute atomic E-state index is 0.00673. The lowest BCUT2D eigenvalue weighted by Gasteiger charge is -2.06. The van der Waals surface area contributed by atoms with Crippen LogP contribution in [0.5, 0.6) is 0 Å². The fraction of sp³-hybridized carbons (Fsp3) is 0.0741. The van der Waals surface area contributed by atoms with Crippen molar-refractivity contribution in [3.05, 3.63) is 131 Å². The first-order chi connectivity index (χ1) is 13.6. The van der Waals surface area contributed by atoms with E-state index < -0.39 is 0 Å². The SMILES string of the molecule is CC(=C\C(=C\C(=O)c1ccccc1)c1ccccc1)/C=C(\C)c1ccccc1. The van der Waals surface area contributed by atoms with E-state index in [1.54, 1.807) is 6.08 Å². The number of ketones is 1. The van der Waals surface area contributed by atoms with Gasteiger partial charge in [-0.1, -0.05) is 109 Å². The minimum Gasteiger partial charge on any atom is -0.289 e. The van der Waals surface area contributed by atoms with Gasteiger partial charge in [-0.25, -0.2) is 0 Å². The molecule has 0 saturated heterocycles. The third-order valence-corrected chi connectivity index (χ3v) is 4.51. The molecular weight excluding hydrogens is 340 g/mol. The zero-order chi connectivity index (χ0) is 19.8. The molecule has 0 saturated carbocycles. The van der Waals surface area contributed by atoms with Crippen LogP contribution < -0.4 is 0 Å². The maximum absolute atomic E-state index is 12.7. The summed E-state index contributed by atoms with van der Waals surface area (Å²) in [7, 11) is 0. The zero-order valence-corrected chi connectivity index (χ0v) is 16.3. The van der Waals surface area contributed by atoms with Crippen LogP contribution >= 0.6 is 0 Å². The predicted molar refractivity (Wildman–Crippen MR) is 119 cm³/mol. The molecular formula is C27H24O. The van der Waals surface area contributed by atoms with E-state index >= 15 is 0 Å². The van der Waals surface area contributed by atoms with Crippen LogP contribution in [-0.4, -0.2) is 5.78 Å². The van der Waals surface area contributed by atoms with Gasteiger partial charge in [0, 0.05) is 5.56 Å². The van der Waals surface area contributed by atoms with Gasteiger partial charge in [-0.15, -0.1) is 0 Å². The molecule has 0 atom stereocenters. The highest BCUT2D eigenvalue weighted by Crippen LogP contribution is 2.21. The van der Waals surface area contributed by atoms with Crippen molar-refractivity contribution in [1.82, 2.24) is 0 Å². The maximum atomic E-state index is 12.7. The van der Waals surface area contributed by atoms with E-state index in [4.69, 9.17) is 0 Å². The Hall–Kier alpha value is -3.45. The van der Waals surface area contributed by atoms with Crippen molar-refractivity contribution in [2.75, 3.05) is 0 Å². The first kappa shape index (κ1) is 19.3. The molecule has 0 aliphatic carbocycles. The molecule has 0 N–H and O–H groups in total. The molecule has 0 radical (unpaired) electrons. The molecule has 1 heteroatoms. The third-order valence-electron chi connectivity index (χ3n) is 4.51. The number of allylic oxidation sites excluding steroid dienone is 6. The summed E-state index contributed by atoms with van der Waals surface area (Å²) in [6, 6.07) is 29.7. The molecule has 0 spiro atoms. The molecule has 0 aromatic heterocycles. The van der Waals surface area contributed by atoms with E-state index in [1.165, 1.54) is 11.1 Å². The Morgan fingerprint density at radius 2 is 1.04 bits per heavy atom. The summed E-state index contributed by atoms with van der Waals surface area (Å²) in [6.45, 7) is 4.17.